The summed E-state index contributed by atoms with van der Waals surface area (Å²) >= 11 is 0. The first-order valence-corrected chi connectivity index (χ1v) is 6.04. The number of carbonyl (C=O) groups is 2. The maximum atomic E-state index is 11.5. The fourth-order valence-corrected chi connectivity index (χ4v) is 2.01. The zero-order valence-corrected chi connectivity index (χ0v) is 10.7. The molecule has 0 spiro atoms. The van der Waals surface area contributed by atoms with Crippen LogP contribution in [-0.2, 0) is 4.79 Å². The van der Waals surface area contributed by atoms with E-state index in [1.807, 2.05) is 7.05 Å². The Morgan fingerprint density at radius 3 is 2.61 bits per heavy atom. The second-order valence-corrected chi connectivity index (χ2v) is 4.83. The summed E-state index contributed by atoms with van der Waals surface area (Å²) in [5, 5.41) is 22.9. The minimum Gasteiger partial charge on any atom is -0.480 e. The molecule has 7 heteroatoms. The Bertz CT molecular complexity index is 309. The summed E-state index contributed by atoms with van der Waals surface area (Å²) in [5.74, 6) is -0.851. The Labute approximate surface area is 106 Å². The van der Waals surface area contributed by atoms with Crippen molar-refractivity contribution in [1.82, 2.24) is 15.5 Å². The van der Waals surface area contributed by atoms with Crippen molar-refractivity contribution in [2.45, 2.75) is 25.5 Å². The number of carboxylic acids is 1. The summed E-state index contributed by atoms with van der Waals surface area (Å²) < 4.78 is 0. The molecule has 7 nitrogen and oxygen atoms in total. The van der Waals surface area contributed by atoms with Gasteiger partial charge in [-0.15, -0.1) is 0 Å². The van der Waals surface area contributed by atoms with E-state index in [-0.39, 0.29) is 0 Å². The van der Waals surface area contributed by atoms with E-state index in [4.69, 9.17) is 5.11 Å². The Hall–Kier alpha value is -1.34. The van der Waals surface area contributed by atoms with Gasteiger partial charge in [-0.25, -0.2) is 9.59 Å². The van der Waals surface area contributed by atoms with Crippen molar-refractivity contribution in [3.05, 3.63) is 0 Å². The van der Waals surface area contributed by atoms with E-state index in [2.05, 4.69) is 15.5 Å². The molecule has 104 valence electrons. The molecule has 1 fully saturated rings. The number of nitrogens with one attached hydrogen (secondary N) is 2. The molecular formula is C11H21N3O4. The second kappa shape index (κ2) is 6.55. The van der Waals surface area contributed by atoms with Crippen LogP contribution >= 0.6 is 0 Å². The van der Waals surface area contributed by atoms with E-state index in [9.17, 15) is 14.7 Å². The molecule has 0 aromatic heterocycles. The van der Waals surface area contributed by atoms with Crippen molar-refractivity contribution in [3.63, 3.8) is 0 Å². The van der Waals surface area contributed by atoms with Gasteiger partial charge in [0.25, 0.3) is 0 Å². The number of urea groups is 1. The van der Waals surface area contributed by atoms with E-state index in [1.54, 1.807) is 0 Å². The number of hydrogen-bond acceptors (Lipinski definition) is 4. The van der Waals surface area contributed by atoms with E-state index < -0.39 is 24.1 Å². The lowest BCUT2D eigenvalue weighted by Gasteiger charge is -2.18. The normalized spacial score (nSPS) is 23.4. The van der Waals surface area contributed by atoms with E-state index in [1.165, 1.54) is 6.92 Å². The molecular weight excluding hydrogens is 238 g/mol. The highest BCUT2D eigenvalue weighted by Crippen LogP contribution is 2.12. The Balaban J connectivity index is 2.30. The third-order valence-corrected chi connectivity index (χ3v) is 3.08. The Morgan fingerprint density at radius 2 is 2.17 bits per heavy atom. The highest BCUT2D eigenvalue weighted by molar-refractivity contribution is 5.82. The molecule has 18 heavy (non-hydrogen) atoms. The van der Waals surface area contributed by atoms with Crippen LogP contribution in [-0.4, -0.2) is 65.9 Å². The van der Waals surface area contributed by atoms with E-state index in [0.29, 0.717) is 12.5 Å². The third kappa shape index (κ3) is 4.50. The third-order valence-electron chi connectivity index (χ3n) is 3.08. The smallest absolute Gasteiger partial charge is 0.328 e. The summed E-state index contributed by atoms with van der Waals surface area (Å²) in [6.45, 7) is 3.78. The largest absolute Gasteiger partial charge is 0.480 e. The van der Waals surface area contributed by atoms with Crippen molar-refractivity contribution in [2.75, 3.05) is 26.7 Å². The fraction of sp³-hybridized carbons (Fsp3) is 0.818. The summed E-state index contributed by atoms with van der Waals surface area (Å²) in [6, 6.07) is -1.84. The molecule has 1 rings (SSSR count). The molecule has 2 amide bonds. The average Bonchev–Trinajstić information content (AvgIpc) is 2.68. The molecule has 0 aromatic rings. The van der Waals surface area contributed by atoms with Gasteiger partial charge in [0.2, 0.25) is 0 Å². The Kier molecular flexibility index (Phi) is 5.36. The van der Waals surface area contributed by atoms with Gasteiger partial charge in [-0.2, -0.15) is 0 Å². The van der Waals surface area contributed by atoms with Gasteiger partial charge in [0.15, 0.2) is 6.04 Å². The van der Waals surface area contributed by atoms with Crippen LogP contribution in [0, 0.1) is 5.92 Å². The summed E-state index contributed by atoms with van der Waals surface area (Å²) in [4.78, 5) is 24.4. The number of aliphatic hydroxyl groups excluding tert-OH is 1. The van der Waals surface area contributed by atoms with Crippen LogP contribution in [0.3, 0.4) is 0 Å². The number of amides is 2. The first-order chi connectivity index (χ1) is 8.40. The zero-order chi connectivity index (χ0) is 13.7. The molecule has 1 saturated heterocycles. The van der Waals surface area contributed by atoms with E-state index in [0.717, 1.165) is 19.5 Å². The highest BCUT2D eigenvalue weighted by atomic mass is 16.4. The number of rotatable bonds is 5. The topological polar surface area (TPSA) is 102 Å². The molecule has 0 radical (unpaired) electrons. The molecule has 1 heterocycles. The fourth-order valence-electron chi connectivity index (χ4n) is 2.01. The monoisotopic (exact) mass is 259 g/mol. The molecule has 3 atom stereocenters. The highest BCUT2D eigenvalue weighted by Gasteiger charge is 2.25. The first kappa shape index (κ1) is 14.7. The maximum Gasteiger partial charge on any atom is 0.328 e. The van der Waals surface area contributed by atoms with Gasteiger partial charge in [-0.3, -0.25) is 0 Å². The van der Waals surface area contributed by atoms with E-state index >= 15 is 0 Å². The van der Waals surface area contributed by atoms with Gasteiger partial charge in [0.05, 0.1) is 6.10 Å². The summed E-state index contributed by atoms with van der Waals surface area (Å²) in [7, 11) is 2.02. The molecule has 0 aromatic carbocycles. The quantitative estimate of drug-likeness (QED) is 0.511. The lowest BCUT2D eigenvalue weighted by atomic mass is 10.1. The number of aliphatic carboxylic acids is 1. The second-order valence-electron chi connectivity index (χ2n) is 4.83. The lowest BCUT2D eigenvalue weighted by molar-refractivity contribution is -0.141. The SMILES string of the molecule is CC(O)C(NC(=O)NCC1CCN(C)C1)C(=O)O. The van der Waals surface area contributed by atoms with Crippen molar-refractivity contribution >= 4 is 12.0 Å². The molecule has 3 unspecified atom stereocenters. The van der Waals surface area contributed by atoms with Gasteiger partial charge in [-0.1, -0.05) is 0 Å². The molecule has 4 N–H and O–H groups in total. The molecule has 0 saturated carbocycles. The molecule has 0 bridgehead atoms. The summed E-state index contributed by atoms with van der Waals surface area (Å²) in [6.07, 6.45) is -0.110. The minimum absolute atomic E-state index is 0.399. The molecule has 1 aliphatic heterocycles. The van der Waals surface area contributed by atoms with Crippen LogP contribution < -0.4 is 10.6 Å². The van der Waals surface area contributed by atoms with Crippen molar-refractivity contribution in [2.24, 2.45) is 5.92 Å². The molecule has 0 aliphatic carbocycles. The first-order valence-electron chi connectivity index (χ1n) is 6.04. The number of aliphatic hydroxyl groups is 1. The van der Waals surface area contributed by atoms with Gasteiger partial charge < -0.3 is 25.7 Å². The van der Waals surface area contributed by atoms with Crippen LogP contribution in [0.25, 0.3) is 0 Å². The number of carboxylic acid groups (broad SMARTS) is 1. The van der Waals surface area contributed by atoms with Gasteiger partial charge >= 0.3 is 12.0 Å². The van der Waals surface area contributed by atoms with Crippen molar-refractivity contribution in [1.29, 1.82) is 0 Å². The standard InChI is InChI=1S/C11H21N3O4/c1-7(15)9(10(16)17)13-11(18)12-5-8-3-4-14(2)6-8/h7-9,15H,3-6H2,1-2H3,(H,16,17)(H2,12,13,18). The van der Waals surface area contributed by atoms with Gasteiger partial charge in [0, 0.05) is 13.1 Å². The number of hydrogen-bond donors (Lipinski definition) is 4. The summed E-state index contributed by atoms with van der Waals surface area (Å²) in [5.41, 5.74) is 0. The zero-order valence-electron chi connectivity index (χ0n) is 10.7. The number of likely N-dealkylation sites (tertiary alicyclic amines) is 1. The van der Waals surface area contributed by atoms with Crippen LogP contribution in [0.2, 0.25) is 0 Å². The predicted molar refractivity (Wildman–Crippen MR) is 65.2 cm³/mol. The molecule has 1 aliphatic rings. The number of carbonyl (C=O) groups excluding carboxylic acids is 1. The van der Waals surface area contributed by atoms with Crippen LogP contribution in [0.5, 0.6) is 0 Å². The maximum absolute atomic E-state index is 11.5. The Morgan fingerprint density at radius 1 is 1.50 bits per heavy atom. The van der Waals surface area contributed by atoms with Gasteiger partial charge in [-0.05, 0) is 32.9 Å². The predicted octanol–water partition coefficient (Wildman–Crippen LogP) is -0.929. The van der Waals surface area contributed by atoms with Crippen molar-refractivity contribution in [3.8, 4) is 0 Å². The average molecular weight is 259 g/mol. The van der Waals surface area contributed by atoms with Crippen molar-refractivity contribution < 1.29 is 19.8 Å². The van der Waals surface area contributed by atoms with Crippen LogP contribution in [0.1, 0.15) is 13.3 Å². The number of nitrogens with zero attached hydrogens (tertiary/aromatic N) is 1. The van der Waals surface area contributed by atoms with Crippen LogP contribution in [0.15, 0.2) is 0 Å². The minimum atomic E-state index is -1.28. The van der Waals surface area contributed by atoms with Crippen LogP contribution in [0.4, 0.5) is 4.79 Å². The van der Waals surface area contributed by atoms with Gasteiger partial charge in [0.1, 0.15) is 0 Å². The lowest BCUT2D eigenvalue weighted by Crippen LogP contribution is -2.51.